The summed E-state index contributed by atoms with van der Waals surface area (Å²) in [6.07, 6.45) is 6.74. The predicted octanol–water partition coefficient (Wildman–Crippen LogP) is 15.4. The summed E-state index contributed by atoms with van der Waals surface area (Å²) >= 11 is 0. The molecule has 0 saturated carbocycles. The first-order valence-electron chi connectivity index (χ1n) is 20.2. The third kappa shape index (κ3) is 5.90. The highest BCUT2D eigenvalue weighted by atomic mass is 15.1. The van der Waals surface area contributed by atoms with E-state index in [1.54, 1.807) is 0 Å². The van der Waals surface area contributed by atoms with Crippen LogP contribution >= 0.6 is 0 Å². The Kier molecular flexibility index (Phi) is 8.33. The number of aromatic nitrogens is 1. The molecule has 0 bridgehead atoms. The Morgan fingerprint density at radius 3 is 1.83 bits per heavy atom. The topological polar surface area (TPSA) is 8.17 Å². The van der Waals surface area contributed by atoms with Gasteiger partial charge < -0.3 is 9.47 Å². The van der Waals surface area contributed by atoms with Crippen LogP contribution in [0.5, 0.6) is 0 Å². The van der Waals surface area contributed by atoms with Gasteiger partial charge in [-0.2, -0.15) is 0 Å². The molecule has 2 heteroatoms. The van der Waals surface area contributed by atoms with Crippen LogP contribution in [-0.4, -0.2) is 4.57 Å². The smallest absolute Gasteiger partial charge is 0.0543 e. The fraction of sp³-hybridized carbons (Fsp3) is 0.0357. The van der Waals surface area contributed by atoms with Crippen molar-refractivity contribution in [2.24, 2.45) is 0 Å². The van der Waals surface area contributed by atoms with E-state index >= 15 is 0 Å². The van der Waals surface area contributed by atoms with Gasteiger partial charge in [0.15, 0.2) is 0 Å². The molecule has 0 spiro atoms. The maximum atomic E-state index is 2.47. The Morgan fingerprint density at radius 2 is 1.03 bits per heavy atom. The third-order valence-electron chi connectivity index (χ3n) is 11.8. The summed E-state index contributed by atoms with van der Waals surface area (Å²) in [5.74, 6) is 0. The number of para-hydroxylation sites is 1. The van der Waals surface area contributed by atoms with E-state index in [1.807, 2.05) is 0 Å². The monoisotopic (exact) mass is 740 g/mol. The van der Waals surface area contributed by atoms with E-state index in [4.69, 9.17) is 0 Å². The number of fused-ring (bicyclic) bond motifs is 6. The van der Waals surface area contributed by atoms with Crippen LogP contribution in [0.4, 0.5) is 17.1 Å². The quantitative estimate of drug-likeness (QED) is 0.148. The first-order valence-corrected chi connectivity index (χ1v) is 20.2. The molecule has 2 nitrogen and oxygen atoms in total. The average Bonchev–Trinajstić information content (AvgIpc) is 3.65. The van der Waals surface area contributed by atoms with Crippen molar-refractivity contribution < 1.29 is 0 Å². The molecule has 274 valence electrons. The van der Waals surface area contributed by atoms with Crippen LogP contribution < -0.4 is 4.90 Å². The Hall–Kier alpha value is -7.42. The van der Waals surface area contributed by atoms with E-state index in [2.05, 4.69) is 228 Å². The van der Waals surface area contributed by atoms with Crippen molar-refractivity contribution in [2.45, 2.75) is 12.8 Å². The van der Waals surface area contributed by atoms with Crippen LogP contribution in [0.25, 0.3) is 77.6 Å². The minimum absolute atomic E-state index is 1.02. The maximum absolute atomic E-state index is 2.47. The number of hydrogen-bond acceptors (Lipinski definition) is 1. The minimum atomic E-state index is 1.02. The molecule has 0 saturated heterocycles. The Balaban J connectivity index is 1.02. The number of hydrogen-bond donors (Lipinski definition) is 0. The van der Waals surface area contributed by atoms with Crippen molar-refractivity contribution in [3.8, 4) is 39.1 Å². The highest BCUT2D eigenvalue weighted by Crippen LogP contribution is 2.43. The molecule has 1 aliphatic carbocycles. The fourth-order valence-electron chi connectivity index (χ4n) is 9.07. The van der Waals surface area contributed by atoms with Crippen LogP contribution in [0, 0.1) is 0 Å². The first-order chi connectivity index (χ1) is 28.8. The van der Waals surface area contributed by atoms with Crippen molar-refractivity contribution in [2.75, 3.05) is 4.90 Å². The van der Waals surface area contributed by atoms with Crippen LogP contribution in [0.15, 0.2) is 212 Å². The third-order valence-corrected chi connectivity index (χ3v) is 11.8. The molecule has 1 aliphatic rings. The van der Waals surface area contributed by atoms with Crippen LogP contribution in [0.3, 0.4) is 0 Å². The molecule has 10 aromatic rings. The van der Waals surface area contributed by atoms with Gasteiger partial charge in [0.25, 0.3) is 0 Å². The van der Waals surface area contributed by atoms with Gasteiger partial charge in [-0.15, -0.1) is 0 Å². The predicted molar refractivity (Wildman–Crippen MR) is 247 cm³/mol. The Labute approximate surface area is 339 Å². The number of benzene rings is 9. The zero-order valence-electron chi connectivity index (χ0n) is 32.1. The Morgan fingerprint density at radius 1 is 0.414 bits per heavy atom. The number of allylic oxidation sites excluding steroid dienone is 1. The number of nitrogens with zero attached hydrogens (tertiary/aromatic N) is 2. The molecule has 11 rings (SSSR count). The van der Waals surface area contributed by atoms with Crippen molar-refractivity contribution in [1.82, 2.24) is 4.57 Å². The van der Waals surface area contributed by atoms with Gasteiger partial charge in [0.2, 0.25) is 0 Å². The molecule has 1 heterocycles. The summed E-state index contributed by atoms with van der Waals surface area (Å²) in [6.45, 7) is 0. The molecular formula is C56H40N2. The summed E-state index contributed by atoms with van der Waals surface area (Å²) in [7, 11) is 0. The van der Waals surface area contributed by atoms with Crippen LogP contribution in [0.2, 0.25) is 0 Å². The van der Waals surface area contributed by atoms with E-state index in [0.29, 0.717) is 0 Å². The van der Waals surface area contributed by atoms with Gasteiger partial charge >= 0.3 is 0 Å². The molecule has 1 aromatic heterocycles. The molecule has 58 heavy (non-hydrogen) atoms. The number of anilines is 3. The molecule has 0 aliphatic heterocycles. The van der Waals surface area contributed by atoms with Crippen LogP contribution in [-0.2, 0) is 6.42 Å². The second-order valence-electron chi connectivity index (χ2n) is 15.2. The van der Waals surface area contributed by atoms with Gasteiger partial charge in [0.05, 0.1) is 5.52 Å². The lowest BCUT2D eigenvalue weighted by Gasteiger charge is -2.26. The van der Waals surface area contributed by atoms with Crippen LogP contribution in [0.1, 0.15) is 17.7 Å². The zero-order valence-corrected chi connectivity index (χ0v) is 32.1. The van der Waals surface area contributed by atoms with Gasteiger partial charge in [-0.1, -0.05) is 158 Å². The molecule has 0 fully saturated rings. The second kappa shape index (κ2) is 14.3. The summed E-state index contributed by atoms with van der Waals surface area (Å²) in [5, 5.41) is 6.40. The second-order valence-corrected chi connectivity index (χ2v) is 15.2. The lowest BCUT2D eigenvalue weighted by Crippen LogP contribution is -2.10. The molecule has 0 radical (unpaired) electrons. The minimum Gasteiger partial charge on any atom is -0.313 e. The molecule has 0 N–H and O–H groups in total. The molecule has 0 amide bonds. The van der Waals surface area contributed by atoms with Crippen molar-refractivity contribution in [3.63, 3.8) is 0 Å². The van der Waals surface area contributed by atoms with Gasteiger partial charge in [0.1, 0.15) is 0 Å². The maximum Gasteiger partial charge on any atom is 0.0543 e. The molecule has 0 atom stereocenters. The van der Waals surface area contributed by atoms with Crippen molar-refractivity contribution >= 4 is 55.6 Å². The summed E-state index contributed by atoms with van der Waals surface area (Å²) in [5.41, 5.74) is 15.7. The molecule has 0 unspecified atom stereocenters. The Bertz CT molecular complexity index is 3140. The zero-order chi connectivity index (χ0) is 38.4. The molecular weight excluding hydrogens is 701 g/mol. The van der Waals surface area contributed by atoms with E-state index in [1.165, 1.54) is 82.8 Å². The van der Waals surface area contributed by atoms with Crippen molar-refractivity contribution in [3.05, 3.63) is 224 Å². The highest BCUT2D eigenvalue weighted by molar-refractivity contribution is 6.08. The van der Waals surface area contributed by atoms with Crippen molar-refractivity contribution in [1.29, 1.82) is 0 Å². The average molecular weight is 741 g/mol. The van der Waals surface area contributed by atoms with E-state index in [0.717, 1.165) is 29.9 Å². The van der Waals surface area contributed by atoms with E-state index in [-0.39, 0.29) is 0 Å². The summed E-state index contributed by atoms with van der Waals surface area (Å²) in [4.78, 5) is 2.39. The lowest BCUT2D eigenvalue weighted by atomic mass is 9.95. The van der Waals surface area contributed by atoms with Gasteiger partial charge in [0, 0.05) is 39.4 Å². The number of rotatable bonds is 7. The fourth-order valence-corrected chi connectivity index (χ4v) is 9.07. The highest BCUT2D eigenvalue weighted by Gasteiger charge is 2.22. The van der Waals surface area contributed by atoms with E-state index in [9.17, 15) is 0 Å². The van der Waals surface area contributed by atoms with Gasteiger partial charge in [-0.05, 0) is 128 Å². The normalized spacial score (nSPS) is 12.3. The summed E-state index contributed by atoms with van der Waals surface area (Å²) in [6, 6.07) is 75.2. The van der Waals surface area contributed by atoms with E-state index < -0.39 is 0 Å². The standard InChI is InChI=1S/C56H40N2/c1-3-13-39(14-4-1)40-27-32-47(33-28-40)57(48-34-29-41(30-35-48)43-31-36-51-45(37-43)26-25-42-15-7-8-20-50(42)51)49-19-11-16-44(38-49)52-22-12-24-55-56(52)53-21-9-10-23-54(53)58(55)46-17-5-2-6-18-46/h1-9,11-22,24-38H,10,23H2. The first kappa shape index (κ1) is 33.9. The SMILES string of the molecule is C1=Cc2c(n(-c3ccccc3)c3cccc(-c4cccc(N(c5ccc(-c6ccccc6)cc5)c5ccc(-c6ccc7c(ccc8ccccc87)c6)cc5)c4)c23)CC1. The lowest BCUT2D eigenvalue weighted by molar-refractivity contribution is 0.888. The van der Waals surface area contributed by atoms with Gasteiger partial charge in [-0.3, -0.25) is 0 Å². The summed E-state index contributed by atoms with van der Waals surface area (Å²) < 4.78 is 2.47. The molecule has 9 aromatic carbocycles. The largest absolute Gasteiger partial charge is 0.313 e. The van der Waals surface area contributed by atoms with Gasteiger partial charge in [-0.25, -0.2) is 0 Å².